The molecule has 0 aliphatic carbocycles. The topological polar surface area (TPSA) is 20.7 Å². The van der Waals surface area contributed by atoms with Gasteiger partial charge in [-0.15, -0.1) is 0 Å². The molecule has 0 unspecified atom stereocenters. The minimum atomic E-state index is -4.68. The normalized spacial score (nSPS) is 12.4. The van der Waals surface area contributed by atoms with Gasteiger partial charge in [0.05, 0.1) is 45.6 Å². The number of rotatable bonds is 10. The maximum absolute atomic E-state index is 15.5. The Labute approximate surface area is 582 Å². The van der Waals surface area contributed by atoms with E-state index in [2.05, 4.69) is 279 Å². The van der Waals surface area contributed by atoms with Crippen molar-refractivity contribution in [2.75, 3.05) is 9.80 Å². The monoisotopic (exact) mass is 1300 g/mol. The molecule has 2 aliphatic rings. The van der Waals surface area contributed by atoms with Crippen molar-refractivity contribution in [3.8, 4) is 78.1 Å². The van der Waals surface area contributed by atoms with Crippen LogP contribution in [-0.4, -0.2) is 15.8 Å². The Morgan fingerprint density at radius 3 is 1.10 bits per heavy atom. The van der Waals surface area contributed by atoms with Crippen molar-refractivity contribution in [3.05, 3.63) is 363 Å². The molecule has 0 N–H and O–H groups in total. The molecule has 4 heterocycles. The lowest BCUT2D eigenvalue weighted by Gasteiger charge is -2.44. The Bertz CT molecular complexity index is 5860. The van der Waals surface area contributed by atoms with E-state index < -0.39 is 11.7 Å². The largest absolute Gasteiger partial charge is 0.416 e. The molecule has 0 amide bonds. The maximum atomic E-state index is 15.5. The van der Waals surface area contributed by atoms with Crippen LogP contribution in [0.5, 0.6) is 0 Å². The SMILES string of the molecule is [C-]#[N+]c1ccc(-n2c3ccccc3c3ccccc32)c(-c2cc(C(F)(F)F)ccc2-n2c3ccccc3c3cc(-c4cc5c6c(c4)N(c4cc(-c7ccccc7)cc(-c7ccccc7)c4)c4ccccc4B6c4ccccc4N5c4cc(-c5ccccc5)cc(-c5ccccc5)c4)ccc32)c1. The fourth-order valence-electron chi connectivity index (χ4n) is 16.0. The van der Waals surface area contributed by atoms with E-state index in [4.69, 9.17) is 6.57 Å². The van der Waals surface area contributed by atoms with Gasteiger partial charge in [-0.05, 0) is 199 Å². The third kappa shape index (κ3) is 9.78. The van der Waals surface area contributed by atoms with Gasteiger partial charge in [-0.25, -0.2) is 4.85 Å². The molecule has 0 atom stereocenters. The van der Waals surface area contributed by atoms with Crippen molar-refractivity contribution in [1.82, 2.24) is 9.13 Å². The highest BCUT2D eigenvalue weighted by molar-refractivity contribution is 7.00. The summed E-state index contributed by atoms with van der Waals surface area (Å²) in [6, 6.07) is 119. The van der Waals surface area contributed by atoms with Crippen LogP contribution in [0.1, 0.15) is 5.56 Å². The molecule has 2 aromatic heterocycles. The Morgan fingerprint density at radius 1 is 0.277 bits per heavy atom. The lowest BCUT2D eigenvalue weighted by Crippen LogP contribution is -2.61. The molecule has 0 saturated carbocycles. The number of nitrogens with zero attached hydrogens (tertiary/aromatic N) is 5. The van der Waals surface area contributed by atoms with Gasteiger partial charge in [-0.3, -0.25) is 0 Å². The van der Waals surface area contributed by atoms with Gasteiger partial charge >= 0.3 is 6.18 Å². The number of alkyl halides is 3. The molecule has 0 bridgehead atoms. The number of para-hydroxylation sites is 5. The lowest BCUT2D eigenvalue weighted by molar-refractivity contribution is -0.137. The first kappa shape index (κ1) is 59.1. The Morgan fingerprint density at radius 2 is 0.653 bits per heavy atom. The van der Waals surface area contributed by atoms with E-state index in [1.807, 2.05) is 60.7 Å². The third-order valence-electron chi connectivity index (χ3n) is 20.5. The summed E-state index contributed by atoms with van der Waals surface area (Å²) in [5.41, 5.74) is 25.4. The fraction of sp³-hybridized carbons (Fsp3) is 0.0109. The first-order valence-electron chi connectivity index (χ1n) is 33.9. The van der Waals surface area contributed by atoms with Crippen LogP contribution in [-0.2, 0) is 6.18 Å². The number of anilines is 6. The summed E-state index contributed by atoms with van der Waals surface area (Å²) in [6.07, 6.45) is -4.68. The highest BCUT2D eigenvalue weighted by Gasteiger charge is 2.44. The van der Waals surface area contributed by atoms with E-state index >= 15 is 13.2 Å². The summed E-state index contributed by atoms with van der Waals surface area (Å²) in [4.78, 5) is 8.87. The van der Waals surface area contributed by atoms with Crippen molar-refractivity contribution >= 4 is 107 Å². The zero-order chi connectivity index (χ0) is 67.5. The Hall–Kier alpha value is -13.2. The highest BCUT2D eigenvalue weighted by atomic mass is 19.4. The predicted octanol–water partition coefficient (Wildman–Crippen LogP) is 23.5. The van der Waals surface area contributed by atoms with E-state index in [-0.39, 0.29) is 6.71 Å². The van der Waals surface area contributed by atoms with Gasteiger partial charge in [0.25, 0.3) is 6.71 Å². The van der Waals surface area contributed by atoms with Crippen molar-refractivity contribution < 1.29 is 13.2 Å². The number of hydrogen-bond donors (Lipinski definition) is 0. The average molecular weight is 1300 g/mol. The number of hydrogen-bond acceptors (Lipinski definition) is 2. The second-order valence-corrected chi connectivity index (χ2v) is 26.1. The fourth-order valence-corrected chi connectivity index (χ4v) is 16.0. The summed E-state index contributed by atoms with van der Waals surface area (Å²) in [5.74, 6) is 0. The van der Waals surface area contributed by atoms with Gasteiger partial charge in [0, 0.05) is 61.2 Å². The van der Waals surface area contributed by atoms with Gasteiger partial charge in [-0.2, -0.15) is 13.2 Å². The van der Waals surface area contributed by atoms with Crippen molar-refractivity contribution in [1.29, 1.82) is 0 Å². The van der Waals surface area contributed by atoms with Gasteiger partial charge in [0.15, 0.2) is 5.69 Å². The zero-order valence-corrected chi connectivity index (χ0v) is 54.4. The van der Waals surface area contributed by atoms with Crippen molar-refractivity contribution in [3.63, 3.8) is 0 Å². The first-order chi connectivity index (χ1) is 49.7. The number of halogens is 3. The molecule has 0 saturated heterocycles. The average Bonchev–Trinajstić information content (AvgIpc) is 1.28. The molecule has 9 heteroatoms. The van der Waals surface area contributed by atoms with Crippen LogP contribution < -0.4 is 26.2 Å². The third-order valence-corrected chi connectivity index (χ3v) is 20.5. The Balaban J connectivity index is 0.879. The minimum Gasteiger partial charge on any atom is -0.311 e. The quantitative estimate of drug-likeness (QED) is 0.100. The molecule has 15 aromatic carbocycles. The van der Waals surface area contributed by atoms with Gasteiger partial charge in [0.2, 0.25) is 0 Å². The highest BCUT2D eigenvalue weighted by Crippen LogP contribution is 2.51. The maximum Gasteiger partial charge on any atom is 0.416 e. The number of benzene rings is 15. The second kappa shape index (κ2) is 23.6. The molecule has 5 nitrogen and oxygen atoms in total. The number of fused-ring (bicyclic) bond motifs is 10. The van der Waals surface area contributed by atoms with Gasteiger partial charge in [0.1, 0.15) is 0 Å². The van der Waals surface area contributed by atoms with Gasteiger partial charge in [-0.1, -0.05) is 224 Å². The summed E-state index contributed by atoms with van der Waals surface area (Å²) < 4.78 is 50.6. The molecule has 101 heavy (non-hydrogen) atoms. The van der Waals surface area contributed by atoms with E-state index in [9.17, 15) is 0 Å². The molecule has 474 valence electrons. The van der Waals surface area contributed by atoms with Crippen LogP contribution in [0.15, 0.2) is 346 Å². The summed E-state index contributed by atoms with van der Waals surface area (Å²) >= 11 is 0. The molecule has 0 fully saturated rings. The predicted molar refractivity (Wildman–Crippen MR) is 413 cm³/mol. The van der Waals surface area contributed by atoms with E-state index in [1.54, 1.807) is 18.2 Å². The molecule has 0 radical (unpaired) electrons. The van der Waals surface area contributed by atoms with Gasteiger partial charge < -0.3 is 18.9 Å². The molecule has 2 aliphatic heterocycles. The second-order valence-electron chi connectivity index (χ2n) is 26.1. The summed E-state index contributed by atoms with van der Waals surface area (Å²) in [5, 5.41) is 3.86. The van der Waals surface area contributed by atoms with E-state index in [0.717, 1.165) is 133 Å². The molecule has 0 spiro atoms. The smallest absolute Gasteiger partial charge is 0.311 e. The van der Waals surface area contributed by atoms with Crippen molar-refractivity contribution in [2.45, 2.75) is 6.18 Å². The molecular formula is C92H57BF3N5. The number of aromatic nitrogens is 2. The molecule has 19 rings (SSSR count). The van der Waals surface area contributed by atoms with Crippen LogP contribution in [0, 0.1) is 6.57 Å². The van der Waals surface area contributed by atoms with Crippen LogP contribution in [0.4, 0.5) is 53.0 Å². The van der Waals surface area contributed by atoms with Crippen LogP contribution >= 0.6 is 0 Å². The Kier molecular flexibility index (Phi) is 13.8. The standard InChI is InChI=1S/C92H57BF3N5/c1-97-70-44-47-86(100-81-37-19-14-32-73(81)74-33-15-20-38-82(74)100)78(58-70)77-57-69(92(94,95)96)43-46-85(77)101-83-39-21-16-34-75(83)76-54-63(42-45-84(76)101)68-55-89-91-90(56-68)99(72-52-66(61-28-10-4-11-29-61)49-67(53-72)62-30-12-5-13-31-62)88-41-23-18-36-80(88)93(91)79-35-17-22-40-87(79)98(89)71-50-64(59-24-6-2-7-25-59)48-65(51-71)60-26-8-3-9-27-60/h2-58H. The lowest BCUT2D eigenvalue weighted by atomic mass is 9.33. The van der Waals surface area contributed by atoms with E-state index in [0.29, 0.717) is 28.2 Å². The summed E-state index contributed by atoms with van der Waals surface area (Å²) in [6.45, 7) is 8.14. The summed E-state index contributed by atoms with van der Waals surface area (Å²) in [7, 11) is 0. The van der Waals surface area contributed by atoms with Crippen molar-refractivity contribution in [2.24, 2.45) is 0 Å². The van der Waals surface area contributed by atoms with Crippen LogP contribution in [0.3, 0.4) is 0 Å². The minimum absolute atomic E-state index is 0.171. The van der Waals surface area contributed by atoms with Crippen LogP contribution in [0.25, 0.3) is 127 Å². The van der Waals surface area contributed by atoms with E-state index in [1.165, 1.54) is 28.5 Å². The zero-order valence-electron chi connectivity index (χ0n) is 54.4. The molecular weight excluding hydrogens is 1240 g/mol. The first-order valence-corrected chi connectivity index (χ1v) is 33.9. The van der Waals surface area contributed by atoms with Crippen LogP contribution in [0.2, 0.25) is 0 Å². The molecule has 17 aromatic rings.